The van der Waals surface area contributed by atoms with Gasteiger partial charge in [0.25, 0.3) is 0 Å². The Labute approximate surface area is 105 Å². The minimum absolute atomic E-state index is 0.211. The first-order chi connectivity index (χ1) is 7.66. The van der Waals surface area contributed by atoms with Gasteiger partial charge in [0.15, 0.2) is 11.5 Å². The summed E-state index contributed by atoms with van der Waals surface area (Å²) in [6.45, 7) is 5.40. The van der Waals surface area contributed by atoms with Crippen molar-refractivity contribution in [3.8, 4) is 11.5 Å². The van der Waals surface area contributed by atoms with Crippen LogP contribution in [0.3, 0.4) is 0 Å². The van der Waals surface area contributed by atoms with E-state index in [4.69, 9.17) is 20.2 Å². The predicted molar refractivity (Wildman–Crippen MR) is 65.0 cm³/mol. The fraction of sp³-hybridized carbons (Fsp3) is 0.455. The summed E-state index contributed by atoms with van der Waals surface area (Å²) in [5, 5.41) is 0. The first kappa shape index (κ1) is 12.5. The van der Waals surface area contributed by atoms with E-state index in [-0.39, 0.29) is 5.75 Å². The molecule has 0 saturated heterocycles. The molecule has 0 amide bonds. The van der Waals surface area contributed by atoms with Gasteiger partial charge < -0.3 is 9.47 Å². The van der Waals surface area contributed by atoms with Crippen molar-refractivity contribution in [2.75, 3.05) is 0 Å². The predicted octanol–water partition coefficient (Wildman–Crippen LogP) is 2.57. The second-order valence-corrected chi connectivity index (χ2v) is 7.29. The van der Waals surface area contributed by atoms with Crippen molar-refractivity contribution in [1.82, 2.24) is 0 Å². The van der Waals surface area contributed by atoms with Gasteiger partial charge in [0.1, 0.15) is 0 Å². The minimum atomic E-state index is -3.57. The molecule has 0 atom stereocenters. The molecule has 0 aromatic heterocycles. The summed E-state index contributed by atoms with van der Waals surface area (Å²) in [7, 11) is 1.68. The summed E-state index contributed by atoms with van der Waals surface area (Å²) in [6.07, 6.45) is 0. The number of fused-ring (bicyclic) bond motifs is 1. The Kier molecular flexibility index (Phi) is 2.78. The summed E-state index contributed by atoms with van der Waals surface area (Å²) in [5.74, 6) is 0.254. The van der Waals surface area contributed by atoms with Gasteiger partial charge in [-0.15, -0.1) is 0 Å². The molecule has 0 bridgehead atoms. The zero-order valence-electron chi connectivity index (χ0n) is 9.78. The SMILES string of the molecule is Cc1cc2c(cc1CS(=O)(=O)Cl)OC(C)(C)O2. The topological polar surface area (TPSA) is 52.6 Å². The van der Waals surface area contributed by atoms with Crippen LogP contribution >= 0.6 is 10.7 Å². The van der Waals surface area contributed by atoms with Crippen LogP contribution in [0.4, 0.5) is 0 Å². The molecule has 4 nitrogen and oxygen atoms in total. The molecule has 0 radical (unpaired) electrons. The lowest BCUT2D eigenvalue weighted by atomic mass is 10.1. The molecule has 6 heteroatoms. The summed E-state index contributed by atoms with van der Waals surface area (Å²) >= 11 is 0. The summed E-state index contributed by atoms with van der Waals surface area (Å²) in [6, 6.07) is 3.43. The Morgan fingerprint density at radius 1 is 1.24 bits per heavy atom. The maximum atomic E-state index is 11.1. The van der Waals surface area contributed by atoms with E-state index in [1.165, 1.54) is 0 Å². The maximum absolute atomic E-state index is 11.1. The molecule has 0 unspecified atom stereocenters. The van der Waals surface area contributed by atoms with Crippen molar-refractivity contribution < 1.29 is 17.9 Å². The second-order valence-electron chi connectivity index (χ2n) is 4.51. The molecule has 1 aromatic rings. The molecule has 2 rings (SSSR count). The summed E-state index contributed by atoms with van der Waals surface area (Å²) in [4.78, 5) is 0. The Balaban J connectivity index is 2.40. The van der Waals surface area contributed by atoms with E-state index in [0.29, 0.717) is 17.1 Å². The van der Waals surface area contributed by atoms with E-state index in [2.05, 4.69) is 0 Å². The van der Waals surface area contributed by atoms with E-state index in [0.717, 1.165) is 5.56 Å². The number of ether oxygens (including phenoxy) is 2. The highest BCUT2D eigenvalue weighted by atomic mass is 35.7. The lowest BCUT2D eigenvalue weighted by molar-refractivity contribution is -0.0431. The van der Waals surface area contributed by atoms with Crippen molar-refractivity contribution in [3.63, 3.8) is 0 Å². The maximum Gasteiger partial charge on any atom is 0.246 e. The standard InChI is InChI=1S/C11H13ClO4S/c1-7-4-9-10(16-11(2,3)15-9)5-8(7)6-17(12,13)14/h4-5H,6H2,1-3H3. The van der Waals surface area contributed by atoms with Crippen molar-refractivity contribution in [1.29, 1.82) is 0 Å². The highest BCUT2D eigenvalue weighted by molar-refractivity contribution is 8.13. The van der Waals surface area contributed by atoms with Gasteiger partial charge in [-0.2, -0.15) is 0 Å². The van der Waals surface area contributed by atoms with E-state index in [9.17, 15) is 8.42 Å². The number of hydrogen-bond acceptors (Lipinski definition) is 4. The third-order valence-corrected chi connectivity index (χ3v) is 3.42. The third kappa shape index (κ3) is 2.84. The van der Waals surface area contributed by atoms with Gasteiger partial charge in [0, 0.05) is 24.5 Å². The van der Waals surface area contributed by atoms with Gasteiger partial charge >= 0.3 is 0 Å². The average Bonchev–Trinajstić information content (AvgIpc) is 2.36. The third-order valence-electron chi connectivity index (χ3n) is 2.44. The van der Waals surface area contributed by atoms with Crippen LogP contribution in [-0.2, 0) is 14.8 Å². The Morgan fingerprint density at radius 2 is 1.76 bits per heavy atom. The quantitative estimate of drug-likeness (QED) is 0.779. The van der Waals surface area contributed by atoms with Gasteiger partial charge in [0.2, 0.25) is 14.8 Å². The number of aryl methyl sites for hydroxylation is 1. The van der Waals surface area contributed by atoms with Gasteiger partial charge in [0.05, 0.1) is 5.75 Å². The number of benzene rings is 1. The molecule has 17 heavy (non-hydrogen) atoms. The highest BCUT2D eigenvalue weighted by Gasteiger charge is 2.32. The van der Waals surface area contributed by atoms with Crippen LogP contribution in [0.15, 0.2) is 12.1 Å². The average molecular weight is 277 g/mol. The molecule has 94 valence electrons. The second kappa shape index (κ2) is 3.78. The molecule has 0 N–H and O–H groups in total. The molecule has 0 aliphatic carbocycles. The lowest BCUT2D eigenvalue weighted by Gasteiger charge is -2.16. The monoisotopic (exact) mass is 276 g/mol. The molecule has 0 fully saturated rings. The van der Waals surface area contributed by atoms with Crippen LogP contribution in [0.1, 0.15) is 25.0 Å². The molecule has 0 saturated carbocycles. The lowest BCUT2D eigenvalue weighted by Crippen LogP contribution is -2.29. The zero-order chi connectivity index (χ0) is 12.8. The fourth-order valence-electron chi connectivity index (χ4n) is 1.75. The molecular weight excluding hydrogens is 264 g/mol. The molecule has 0 spiro atoms. The van der Waals surface area contributed by atoms with Crippen LogP contribution in [0.5, 0.6) is 11.5 Å². The first-order valence-corrected chi connectivity index (χ1v) is 7.58. The van der Waals surface area contributed by atoms with Crippen LogP contribution in [0.2, 0.25) is 0 Å². The van der Waals surface area contributed by atoms with E-state index < -0.39 is 14.8 Å². The van der Waals surface area contributed by atoms with Crippen molar-refractivity contribution in [2.45, 2.75) is 32.3 Å². The minimum Gasteiger partial charge on any atom is -0.449 e. The molecule has 1 heterocycles. The Bertz CT molecular complexity index is 563. The number of halogens is 1. The number of hydrogen-bond donors (Lipinski definition) is 0. The highest BCUT2D eigenvalue weighted by Crippen LogP contribution is 2.41. The van der Waals surface area contributed by atoms with Gasteiger partial charge in [-0.25, -0.2) is 8.42 Å². The largest absolute Gasteiger partial charge is 0.449 e. The molecule has 1 aliphatic heterocycles. The number of rotatable bonds is 2. The van der Waals surface area contributed by atoms with Crippen LogP contribution in [0, 0.1) is 6.92 Å². The Morgan fingerprint density at radius 3 is 2.29 bits per heavy atom. The van der Waals surface area contributed by atoms with E-state index in [1.54, 1.807) is 26.0 Å². The summed E-state index contributed by atoms with van der Waals surface area (Å²) in [5.41, 5.74) is 1.44. The molecular formula is C11H13ClO4S. The normalized spacial score (nSPS) is 17.2. The van der Waals surface area contributed by atoms with E-state index in [1.807, 2.05) is 6.92 Å². The van der Waals surface area contributed by atoms with Crippen LogP contribution in [0.25, 0.3) is 0 Å². The van der Waals surface area contributed by atoms with Crippen LogP contribution < -0.4 is 9.47 Å². The van der Waals surface area contributed by atoms with Crippen molar-refractivity contribution in [3.05, 3.63) is 23.3 Å². The molecule has 1 aliphatic rings. The smallest absolute Gasteiger partial charge is 0.246 e. The molecule has 1 aromatic carbocycles. The van der Waals surface area contributed by atoms with Gasteiger partial charge in [-0.3, -0.25) is 0 Å². The van der Waals surface area contributed by atoms with Gasteiger partial charge in [-0.1, -0.05) is 0 Å². The zero-order valence-corrected chi connectivity index (χ0v) is 11.4. The Hall–Kier alpha value is -0.940. The van der Waals surface area contributed by atoms with E-state index >= 15 is 0 Å². The summed E-state index contributed by atoms with van der Waals surface area (Å²) < 4.78 is 33.2. The van der Waals surface area contributed by atoms with Crippen molar-refractivity contribution in [2.24, 2.45) is 0 Å². The fourth-order valence-corrected chi connectivity index (χ4v) is 2.79. The van der Waals surface area contributed by atoms with Crippen LogP contribution in [-0.4, -0.2) is 14.2 Å². The first-order valence-electron chi connectivity index (χ1n) is 5.10. The van der Waals surface area contributed by atoms with Gasteiger partial charge in [-0.05, 0) is 30.2 Å². The van der Waals surface area contributed by atoms with Crippen molar-refractivity contribution >= 4 is 19.7 Å².